The molecule has 27 heavy (non-hydrogen) atoms. The van der Waals surface area contributed by atoms with Crippen molar-refractivity contribution >= 4 is 16.9 Å². The summed E-state index contributed by atoms with van der Waals surface area (Å²) in [5.41, 5.74) is 0.0470. The van der Waals surface area contributed by atoms with Crippen LogP contribution in [0.2, 0.25) is 0 Å². The maximum absolute atomic E-state index is 12.3. The van der Waals surface area contributed by atoms with Crippen LogP contribution in [0.3, 0.4) is 0 Å². The van der Waals surface area contributed by atoms with Crippen molar-refractivity contribution in [3.05, 3.63) is 57.8 Å². The van der Waals surface area contributed by atoms with E-state index in [0.29, 0.717) is 23.8 Å². The van der Waals surface area contributed by atoms with Gasteiger partial charge in [0, 0.05) is 24.6 Å². The van der Waals surface area contributed by atoms with Gasteiger partial charge in [-0.2, -0.15) is 0 Å². The van der Waals surface area contributed by atoms with Gasteiger partial charge in [-0.3, -0.25) is 4.79 Å². The van der Waals surface area contributed by atoms with Gasteiger partial charge in [-0.15, -0.1) is 0 Å². The Morgan fingerprint density at radius 1 is 1.30 bits per heavy atom. The minimum atomic E-state index is -0.664. The summed E-state index contributed by atoms with van der Waals surface area (Å²) in [7, 11) is 0. The molecule has 0 aliphatic carbocycles. The molecule has 142 valence electrons. The number of furan rings is 1. The Balaban J connectivity index is 1.73. The van der Waals surface area contributed by atoms with Gasteiger partial charge < -0.3 is 24.4 Å². The molecule has 3 N–H and O–H groups in total. The van der Waals surface area contributed by atoms with Gasteiger partial charge in [0.25, 0.3) is 0 Å². The highest BCUT2D eigenvalue weighted by Gasteiger charge is 2.18. The normalized spacial score (nSPS) is 12.2. The van der Waals surface area contributed by atoms with E-state index in [1.165, 1.54) is 6.07 Å². The summed E-state index contributed by atoms with van der Waals surface area (Å²) in [5, 5.41) is 22.7. The Bertz CT molecular complexity index is 1020. The molecule has 0 radical (unpaired) electrons. The van der Waals surface area contributed by atoms with Crippen molar-refractivity contribution in [1.29, 1.82) is 0 Å². The molecule has 3 rings (SSSR count). The third-order valence-corrected chi connectivity index (χ3v) is 4.49. The van der Waals surface area contributed by atoms with Crippen LogP contribution in [0.25, 0.3) is 11.0 Å². The highest BCUT2D eigenvalue weighted by atomic mass is 16.4. The van der Waals surface area contributed by atoms with Crippen LogP contribution in [0.1, 0.15) is 30.2 Å². The summed E-state index contributed by atoms with van der Waals surface area (Å²) in [5.74, 6) is 0.119. The summed E-state index contributed by atoms with van der Waals surface area (Å²) in [6, 6.07) is 6.01. The third kappa shape index (κ3) is 4.13. The Morgan fingerprint density at radius 2 is 2.07 bits per heavy atom. The number of amides is 1. The van der Waals surface area contributed by atoms with E-state index in [1.807, 2.05) is 19.1 Å². The van der Waals surface area contributed by atoms with E-state index in [4.69, 9.17) is 8.83 Å². The number of aromatic hydroxyl groups is 2. The van der Waals surface area contributed by atoms with Crippen LogP contribution in [0.5, 0.6) is 11.5 Å². The number of hydrogen-bond donors (Lipinski definition) is 3. The Morgan fingerprint density at radius 3 is 2.78 bits per heavy atom. The largest absolute Gasteiger partial charge is 0.508 e. The average Bonchev–Trinajstić information content (AvgIpc) is 3.09. The molecule has 0 saturated carbocycles. The van der Waals surface area contributed by atoms with Crippen LogP contribution in [0.4, 0.5) is 0 Å². The summed E-state index contributed by atoms with van der Waals surface area (Å²) < 4.78 is 10.4. The fourth-order valence-corrected chi connectivity index (χ4v) is 3.09. The van der Waals surface area contributed by atoms with E-state index in [0.717, 1.165) is 11.8 Å². The molecule has 0 bridgehead atoms. The zero-order valence-electron chi connectivity index (χ0n) is 15.1. The monoisotopic (exact) mass is 371 g/mol. The second-order valence-electron chi connectivity index (χ2n) is 6.59. The topological polar surface area (TPSA) is 113 Å². The smallest absolute Gasteiger partial charge is 0.340 e. The van der Waals surface area contributed by atoms with Gasteiger partial charge in [-0.1, -0.05) is 0 Å². The summed E-state index contributed by atoms with van der Waals surface area (Å²) in [4.78, 5) is 24.6. The number of phenolic OH excluding ortho intramolecular Hbond substituents is 2. The lowest BCUT2D eigenvalue weighted by molar-refractivity contribution is -0.121. The van der Waals surface area contributed by atoms with Crippen molar-refractivity contribution < 1.29 is 23.8 Å². The third-order valence-electron chi connectivity index (χ3n) is 4.49. The number of hydrogen-bond acceptors (Lipinski definition) is 6. The first-order chi connectivity index (χ1) is 12.8. The van der Waals surface area contributed by atoms with Gasteiger partial charge >= 0.3 is 5.63 Å². The predicted octanol–water partition coefficient (Wildman–Crippen LogP) is 2.79. The van der Waals surface area contributed by atoms with E-state index >= 15 is 0 Å². The minimum absolute atomic E-state index is 0.0750. The number of fused-ring (bicyclic) bond motifs is 1. The van der Waals surface area contributed by atoms with Crippen molar-refractivity contribution in [2.45, 2.75) is 39.2 Å². The molecule has 0 aliphatic heterocycles. The molecule has 0 fully saturated rings. The number of rotatable bonds is 6. The quantitative estimate of drug-likeness (QED) is 0.574. The highest BCUT2D eigenvalue weighted by molar-refractivity contribution is 5.90. The lowest BCUT2D eigenvalue weighted by Crippen LogP contribution is -2.35. The van der Waals surface area contributed by atoms with Crippen molar-refractivity contribution in [3.63, 3.8) is 0 Å². The first kappa shape index (κ1) is 18.6. The molecule has 0 aliphatic rings. The van der Waals surface area contributed by atoms with Crippen molar-refractivity contribution in [1.82, 2.24) is 5.32 Å². The first-order valence-electron chi connectivity index (χ1n) is 8.65. The van der Waals surface area contributed by atoms with E-state index in [1.54, 1.807) is 13.2 Å². The maximum atomic E-state index is 12.3. The van der Waals surface area contributed by atoms with Crippen molar-refractivity contribution in [3.8, 4) is 11.5 Å². The average molecular weight is 371 g/mol. The van der Waals surface area contributed by atoms with Crippen molar-refractivity contribution in [2.24, 2.45) is 0 Å². The second-order valence-corrected chi connectivity index (χ2v) is 6.59. The van der Waals surface area contributed by atoms with Crippen LogP contribution in [0, 0.1) is 6.92 Å². The molecule has 0 spiro atoms. The zero-order valence-corrected chi connectivity index (χ0v) is 15.1. The van der Waals surface area contributed by atoms with Crippen LogP contribution in [-0.2, 0) is 17.6 Å². The number of carbonyl (C=O) groups is 1. The highest BCUT2D eigenvalue weighted by Crippen LogP contribution is 2.32. The molecular formula is C20H21NO6. The fourth-order valence-electron chi connectivity index (χ4n) is 3.09. The number of phenols is 2. The van der Waals surface area contributed by atoms with E-state index in [-0.39, 0.29) is 41.0 Å². The molecular weight excluding hydrogens is 350 g/mol. The van der Waals surface area contributed by atoms with Crippen LogP contribution in [0.15, 0.2) is 44.2 Å². The molecule has 2 aromatic heterocycles. The lowest BCUT2D eigenvalue weighted by atomic mass is 10.0. The number of benzene rings is 1. The Kier molecular flexibility index (Phi) is 5.21. The molecule has 1 atom stereocenters. The van der Waals surface area contributed by atoms with Gasteiger partial charge in [-0.25, -0.2) is 4.79 Å². The SMILES string of the molecule is Cc1c(CC(=O)NC(C)CCc2ccco2)c(=O)oc2cc(O)cc(O)c12. The standard InChI is InChI=1S/C20H21NO6/c1-11(5-6-14-4-3-7-26-14)21-18(24)10-15-12(2)19-16(23)8-13(22)9-17(19)27-20(15)25/h3-4,7-9,11,22-23H,5-6,10H2,1-2H3,(H,21,24). The van der Waals surface area contributed by atoms with E-state index in [2.05, 4.69) is 5.32 Å². The number of aryl methyl sites for hydroxylation is 2. The van der Waals surface area contributed by atoms with E-state index < -0.39 is 5.63 Å². The second kappa shape index (κ2) is 7.57. The minimum Gasteiger partial charge on any atom is -0.508 e. The zero-order chi connectivity index (χ0) is 19.6. The Hall–Kier alpha value is -3.22. The number of carbonyl (C=O) groups excluding carboxylic acids is 1. The molecule has 0 saturated heterocycles. The van der Waals surface area contributed by atoms with Gasteiger partial charge in [-0.05, 0) is 38.0 Å². The lowest BCUT2D eigenvalue weighted by Gasteiger charge is -2.14. The molecule has 3 aromatic rings. The molecule has 7 nitrogen and oxygen atoms in total. The van der Waals surface area contributed by atoms with Gasteiger partial charge in [0.1, 0.15) is 22.8 Å². The molecule has 1 unspecified atom stereocenters. The van der Waals surface area contributed by atoms with Gasteiger partial charge in [0.15, 0.2) is 0 Å². The predicted molar refractivity (Wildman–Crippen MR) is 98.9 cm³/mol. The summed E-state index contributed by atoms with van der Waals surface area (Å²) >= 11 is 0. The van der Waals surface area contributed by atoms with Gasteiger partial charge in [0.2, 0.25) is 5.91 Å². The fraction of sp³-hybridized carbons (Fsp3) is 0.300. The first-order valence-corrected chi connectivity index (χ1v) is 8.65. The van der Waals surface area contributed by atoms with Crippen LogP contribution in [-0.4, -0.2) is 22.2 Å². The summed E-state index contributed by atoms with van der Waals surface area (Å²) in [6.07, 6.45) is 2.85. The molecule has 1 amide bonds. The Labute approximate surface area is 155 Å². The number of nitrogens with one attached hydrogen (secondary N) is 1. The van der Waals surface area contributed by atoms with Crippen LogP contribution >= 0.6 is 0 Å². The molecule has 2 heterocycles. The summed E-state index contributed by atoms with van der Waals surface area (Å²) in [6.45, 7) is 3.52. The van der Waals surface area contributed by atoms with Crippen molar-refractivity contribution in [2.75, 3.05) is 0 Å². The van der Waals surface area contributed by atoms with E-state index in [9.17, 15) is 19.8 Å². The van der Waals surface area contributed by atoms with Crippen LogP contribution < -0.4 is 10.9 Å². The van der Waals surface area contributed by atoms with Gasteiger partial charge in [0.05, 0.1) is 23.6 Å². The molecule has 7 heteroatoms. The molecule has 1 aromatic carbocycles. The maximum Gasteiger partial charge on any atom is 0.340 e.